The van der Waals surface area contributed by atoms with Crippen molar-refractivity contribution in [3.05, 3.63) is 65.7 Å². The molecule has 5 aromatic rings. The molecule has 0 bridgehead atoms. The Morgan fingerprint density at radius 3 is 2.59 bits per heavy atom. The van der Waals surface area contributed by atoms with E-state index in [0.29, 0.717) is 22.5 Å². The second kappa shape index (κ2) is 6.56. The normalized spacial score (nSPS) is 12.0. The van der Waals surface area contributed by atoms with Crippen LogP contribution in [0, 0.1) is 0 Å². The molecular formula is C20H11F3N4OS. The van der Waals surface area contributed by atoms with Gasteiger partial charge in [-0.3, -0.25) is 5.10 Å². The highest BCUT2D eigenvalue weighted by atomic mass is 32.1. The summed E-state index contributed by atoms with van der Waals surface area (Å²) in [6.07, 6.45) is -2.85. The van der Waals surface area contributed by atoms with Crippen LogP contribution in [0.5, 0.6) is 0 Å². The van der Waals surface area contributed by atoms with Crippen LogP contribution in [0.25, 0.3) is 44.2 Å². The number of nitrogens with zero attached hydrogens (tertiary/aromatic N) is 3. The first-order valence-corrected chi connectivity index (χ1v) is 9.35. The Morgan fingerprint density at radius 1 is 0.966 bits per heavy atom. The minimum Gasteiger partial charge on any atom is -0.333 e. The van der Waals surface area contributed by atoms with E-state index in [9.17, 15) is 13.2 Å². The van der Waals surface area contributed by atoms with Crippen LogP contribution in [0.4, 0.5) is 13.2 Å². The number of aromatic amines is 1. The van der Waals surface area contributed by atoms with Crippen molar-refractivity contribution in [1.29, 1.82) is 0 Å². The molecule has 2 aromatic carbocycles. The number of fused-ring (bicyclic) bond motifs is 1. The minimum atomic E-state index is -4.49. The summed E-state index contributed by atoms with van der Waals surface area (Å²) in [7, 11) is 0. The standard InChI is InChI=1S/C20H11F3N4OS/c21-20(22,23)17-13(11-5-2-1-3-6-11)9-16(29-17)19-25-18(27-28-19)12-7-4-8-15-14(12)10-24-26-15/h1-10H,(H,24,26). The number of H-pyrrole nitrogens is 1. The van der Waals surface area contributed by atoms with Crippen LogP contribution < -0.4 is 0 Å². The Balaban J connectivity index is 1.61. The van der Waals surface area contributed by atoms with Crippen molar-refractivity contribution in [3.63, 3.8) is 0 Å². The molecular weight excluding hydrogens is 401 g/mol. The SMILES string of the molecule is FC(F)(F)c1sc(-c2nc(-c3cccc4[nH]ncc34)no2)cc1-c1ccccc1. The van der Waals surface area contributed by atoms with Crippen molar-refractivity contribution >= 4 is 22.2 Å². The molecule has 0 spiro atoms. The number of thiophene rings is 1. The van der Waals surface area contributed by atoms with Crippen LogP contribution >= 0.6 is 11.3 Å². The molecule has 29 heavy (non-hydrogen) atoms. The van der Waals surface area contributed by atoms with E-state index in [0.717, 1.165) is 10.9 Å². The third-order valence-corrected chi connectivity index (χ3v) is 5.60. The number of alkyl halides is 3. The maximum Gasteiger partial charge on any atom is 0.426 e. The first kappa shape index (κ1) is 17.6. The van der Waals surface area contributed by atoms with Gasteiger partial charge in [-0.1, -0.05) is 47.6 Å². The summed E-state index contributed by atoms with van der Waals surface area (Å²) in [5, 5.41) is 11.6. The molecule has 0 fully saturated rings. The van der Waals surface area contributed by atoms with E-state index >= 15 is 0 Å². The fraction of sp³-hybridized carbons (Fsp3) is 0.0500. The molecule has 3 aromatic heterocycles. The van der Waals surface area contributed by atoms with E-state index in [-0.39, 0.29) is 22.2 Å². The van der Waals surface area contributed by atoms with Crippen molar-refractivity contribution < 1.29 is 17.7 Å². The summed E-state index contributed by atoms with van der Waals surface area (Å²) in [6, 6.07) is 15.3. The summed E-state index contributed by atoms with van der Waals surface area (Å²) < 4.78 is 46.1. The highest BCUT2D eigenvalue weighted by Gasteiger charge is 2.37. The monoisotopic (exact) mass is 412 g/mol. The lowest BCUT2D eigenvalue weighted by atomic mass is 10.1. The molecule has 1 N–H and O–H groups in total. The highest BCUT2D eigenvalue weighted by molar-refractivity contribution is 7.16. The Labute approximate surface area is 165 Å². The number of hydrogen-bond acceptors (Lipinski definition) is 5. The molecule has 0 saturated heterocycles. The predicted octanol–water partition coefficient (Wildman–Crippen LogP) is 6.03. The topological polar surface area (TPSA) is 67.6 Å². The predicted molar refractivity (Wildman–Crippen MR) is 103 cm³/mol. The van der Waals surface area contributed by atoms with Gasteiger partial charge in [0.2, 0.25) is 5.82 Å². The molecule has 0 amide bonds. The molecule has 3 heterocycles. The molecule has 0 saturated carbocycles. The number of aromatic nitrogens is 4. The molecule has 0 unspecified atom stereocenters. The zero-order chi connectivity index (χ0) is 20.0. The second-order valence-corrected chi connectivity index (χ2v) is 7.33. The van der Waals surface area contributed by atoms with Crippen molar-refractivity contribution in [2.24, 2.45) is 0 Å². The van der Waals surface area contributed by atoms with Crippen LogP contribution in [-0.4, -0.2) is 20.3 Å². The van der Waals surface area contributed by atoms with Gasteiger partial charge in [0.15, 0.2) is 0 Å². The summed E-state index contributed by atoms with van der Waals surface area (Å²) in [6.45, 7) is 0. The van der Waals surface area contributed by atoms with Crippen LogP contribution in [0.2, 0.25) is 0 Å². The van der Waals surface area contributed by atoms with Crippen molar-refractivity contribution in [2.45, 2.75) is 6.18 Å². The smallest absolute Gasteiger partial charge is 0.333 e. The quantitative estimate of drug-likeness (QED) is 0.393. The average molecular weight is 412 g/mol. The molecule has 0 aliphatic rings. The number of hydrogen-bond donors (Lipinski definition) is 1. The highest BCUT2D eigenvalue weighted by Crippen LogP contribution is 2.45. The third-order valence-electron chi connectivity index (χ3n) is 4.44. The lowest BCUT2D eigenvalue weighted by molar-refractivity contribution is -0.133. The van der Waals surface area contributed by atoms with Gasteiger partial charge in [-0.25, -0.2) is 0 Å². The Bertz CT molecular complexity index is 1300. The maximum atomic E-state index is 13.6. The Hall–Kier alpha value is -3.46. The van der Waals surface area contributed by atoms with Gasteiger partial charge in [0.25, 0.3) is 5.89 Å². The second-order valence-electron chi connectivity index (χ2n) is 6.28. The summed E-state index contributed by atoms with van der Waals surface area (Å²) in [4.78, 5) is 3.89. The van der Waals surface area contributed by atoms with E-state index < -0.39 is 11.1 Å². The molecule has 5 rings (SSSR count). The number of rotatable bonds is 3. The molecule has 9 heteroatoms. The zero-order valence-corrected chi connectivity index (χ0v) is 15.4. The molecule has 0 atom stereocenters. The summed E-state index contributed by atoms with van der Waals surface area (Å²) in [5.41, 5.74) is 2.05. The van der Waals surface area contributed by atoms with Crippen molar-refractivity contribution in [1.82, 2.24) is 20.3 Å². The first-order valence-electron chi connectivity index (χ1n) is 8.54. The van der Waals surface area contributed by atoms with Gasteiger partial charge in [-0.05, 0) is 17.7 Å². The van der Waals surface area contributed by atoms with Gasteiger partial charge >= 0.3 is 6.18 Å². The third kappa shape index (κ3) is 3.09. The summed E-state index contributed by atoms with van der Waals surface area (Å²) >= 11 is 0.588. The number of nitrogens with one attached hydrogen (secondary N) is 1. The minimum absolute atomic E-state index is 0.0400. The Kier molecular flexibility index (Phi) is 3.99. The van der Waals surface area contributed by atoms with Gasteiger partial charge in [0, 0.05) is 16.5 Å². The molecule has 144 valence electrons. The number of benzene rings is 2. The van der Waals surface area contributed by atoms with Gasteiger partial charge in [0.05, 0.1) is 16.6 Å². The summed E-state index contributed by atoms with van der Waals surface area (Å²) in [5.74, 6) is 0.327. The maximum absolute atomic E-state index is 13.6. The van der Waals surface area contributed by atoms with E-state index in [1.807, 2.05) is 12.1 Å². The fourth-order valence-electron chi connectivity index (χ4n) is 3.14. The number of halogens is 3. The lowest BCUT2D eigenvalue weighted by Crippen LogP contribution is -2.03. The fourth-order valence-corrected chi connectivity index (χ4v) is 4.10. The molecule has 0 aliphatic carbocycles. The van der Waals surface area contributed by atoms with Crippen LogP contribution in [0.15, 0.2) is 65.3 Å². The van der Waals surface area contributed by atoms with Crippen molar-refractivity contribution in [2.75, 3.05) is 0 Å². The van der Waals surface area contributed by atoms with Gasteiger partial charge in [-0.2, -0.15) is 23.3 Å². The van der Waals surface area contributed by atoms with E-state index in [2.05, 4.69) is 20.3 Å². The van der Waals surface area contributed by atoms with Crippen LogP contribution in [-0.2, 0) is 6.18 Å². The first-order chi connectivity index (χ1) is 14.0. The molecule has 0 aliphatic heterocycles. The van der Waals surface area contributed by atoms with Gasteiger partial charge in [0.1, 0.15) is 4.88 Å². The van der Waals surface area contributed by atoms with E-state index in [1.165, 1.54) is 6.07 Å². The zero-order valence-electron chi connectivity index (χ0n) is 14.6. The lowest BCUT2D eigenvalue weighted by Gasteiger charge is -2.07. The van der Waals surface area contributed by atoms with Gasteiger partial charge in [-0.15, -0.1) is 11.3 Å². The molecule has 5 nitrogen and oxygen atoms in total. The largest absolute Gasteiger partial charge is 0.426 e. The van der Waals surface area contributed by atoms with E-state index in [1.54, 1.807) is 42.6 Å². The van der Waals surface area contributed by atoms with Gasteiger partial charge < -0.3 is 4.52 Å². The van der Waals surface area contributed by atoms with Crippen molar-refractivity contribution in [3.8, 4) is 33.3 Å². The Morgan fingerprint density at radius 2 is 1.79 bits per heavy atom. The van der Waals surface area contributed by atoms with Crippen LogP contribution in [0.3, 0.4) is 0 Å². The van der Waals surface area contributed by atoms with E-state index in [4.69, 9.17) is 4.52 Å². The molecule has 0 radical (unpaired) electrons. The van der Waals surface area contributed by atoms with Crippen LogP contribution in [0.1, 0.15) is 4.88 Å². The average Bonchev–Trinajstić information content (AvgIpc) is 3.45.